The number of carbonyl (C=O) groups excluding carboxylic acids is 1. The average Bonchev–Trinajstić information content (AvgIpc) is 3.08. The van der Waals surface area contributed by atoms with E-state index in [0.717, 1.165) is 0 Å². The van der Waals surface area contributed by atoms with Gasteiger partial charge >= 0.3 is 5.97 Å². The molecule has 136 valence electrons. The summed E-state index contributed by atoms with van der Waals surface area (Å²) in [6.45, 7) is 2.07. The van der Waals surface area contributed by atoms with E-state index in [1.807, 2.05) is 6.07 Å². The third-order valence-electron chi connectivity index (χ3n) is 4.08. The Morgan fingerprint density at radius 1 is 1.35 bits per heavy atom. The van der Waals surface area contributed by atoms with E-state index in [4.69, 9.17) is 29.4 Å². The molecule has 8 heteroatoms. The number of benzene rings is 1. The molecule has 2 aliphatic rings. The van der Waals surface area contributed by atoms with Crippen molar-refractivity contribution in [1.82, 2.24) is 0 Å². The highest BCUT2D eigenvalue weighted by Crippen LogP contribution is 2.43. The first kappa shape index (κ1) is 17.6. The van der Waals surface area contributed by atoms with Crippen LogP contribution in [0.3, 0.4) is 0 Å². The topological polar surface area (TPSA) is 113 Å². The van der Waals surface area contributed by atoms with Crippen LogP contribution in [0.4, 0.5) is 0 Å². The lowest BCUT2D eigenvalue weighted by Crippen LogP contribution is -2.26. The second kappa shape index (κ2) is 7.37. The van der Waals surface area contributed by atoms with Gasteiger partial charge in [0.2, 0.25) is 12.7 Å². The maximum atomic E-state index is 12.6. The third-order valence-corrected chi connectivity index (χ3v) is 4.08. The number of fused-ring (bicyclic) bond motifs is 1. The molecule has 1 atom stereocenters. The normalized spacial score (nSPS) is 18.4. The molecule has 26 heavy (non-hydrogen) atoms. The van der Waals surface area contributed by atoms with Crippen LogP contribution in [0.1, 0.15) is 18.4 Å². The van der Waals surface area contributed by atoms with Crippen LogP contribution in [0.5, 0.6) is 11.5 Å². The highest BCUT2D eigenvalue weighted by Gasteiger charge is 2.37. The number of esters is 1. The van der Waals surface area contributed by atoms with Crippen LogP contribution in [0, 0.1) is 11.3 Å². The van der Waals surface area contributed by atoms with Crippen LogP contribution in [-0.4, -0.2) is 33.1 Å². The van der Waals surface area contributed by atoms with Crippen molar-refractivity contribution in [3.8, 4) is 17.6 Å². The molecule has 0 aromatic heterocycles. The van der Waals surface area contributed by atoms with Crippen molar-refractivity contribution in [2.75, 3.05) is 27.1 Å². The van der Waals surface area contributed by atoms with Crippen LogP contribution >= 0.6 is 0 Å². The Morgan fingerprint density at radius 3 is 2.85 bits per heavy atom. The van der Waals surface area contributed by atoms with E-state index in [9.17, 15) is 10.1 Å². The van der Waals surface area contributed by atoms with Gasteiger partial charge in [0.25, 0.3) is 0 Å². The number of methoxy groups -OCH3 is 1. The molecule has 0 bridgehead atoms. The zero-order valence-corrected chi connectivity index (χ0v) is 14.4. The molecule has 0 unspecified atom stereocenters. The fourth-order valence-corrected chi connectivity index (χ4v) is 2.87. The van der Waals surface area contributed by atoms with Gasteiger partial charge < -0.3 is 29.4 Å². The van der Waals surface area contributed by atoms with Gasteiger partial charge in [0.15, 0.2) is 11.5 Å². The van der Waals surface area contributed by atoms with Gasteiger partial charge in [-0.3, -0.25) is 0 Å². The fraction of sp³-hybridized carbons (Fsp3) is 0.333. The smallest absolute Gasteiger partial charge is 0.338 e. The minimum atomic E-state index is -0.724. The van der Waals surface area contributed by atoms with E-state index in [1.165, 1.54) is 7.11 Å². The molecule has 2 N–H and O–H groups in total. The molecule has 0 fully saturated rings. The third kappa shape index (κ3) is 3.17. The summed E-state index contributed by atoms with van der Waals surface area (Å²) in [4.78, 5) is 12.6. The molecule has 0 radical (unpaired) electrons. The first-order chi connectivity index (χ1) is 12.6. The van der Waals surface area contributed by atoms with E-state index in [0.29, 0.717) is 17.1 Å². The molecule has 0 saturated carbocycles. The lowest BCUT2D eigenvalue weighted by atomic mass is 9.83. The van der Waals surface area contributed by atoms with Gasteiger partial charge in [-0.2, -0.15) is 5.26 Å². The van der Waals surface area contributed by atoms with Gasteiger partial charge in [0.1, 0.15) is 24.0 Å². The van der Waals surface area contributed by atoms with Crippen LogP contribution in [-0.2, 0) is 19.0 Å². The zero-order chi connectivity index (χ0) is 18.7. The van der Waals surface area contributed by atoms with Crippen molar-refractivity contribution >= 4 is 5.97 Å². The van der Waals surface area contributed by atoms with E-state index in [1.54, 1.807) is 25.1 Å². The quantitative estimate of drug-likeness (QED) is 0.625. The van der Waals surface area contributed by atoms with Gasteiger partial charge in [-0.1, -0.05) is 6.07 Å². The number of nitrogens with two attached hydrogens (primary N) is 1. The van der Waals surface area contributed by atoms with Gasteiger partial charge in [0, 0.05) is 7.11 Å². The van der Waals surface area contributed by atoms with Crippen molar-refractivity contribution in [1.29, 1.82) is 5.26 Å². The van der Waals surface area contributed by atoms with Gasteiger partial charge in [-0.25, -0.2) is 4.79 Å². The maximum Gasteiger partial charge on any atom is 0.338 e. The van der Waals surface area contributed by atoms with Crippen molar-refractivity contribution in [2.24, 2.45) is 5.73 Å². The number of rotatable bonds is 5. The SMILES string of the molecule is COCCOC(=O)C1=C(C)OC(N)=C(C#N)[C@@H]1c1ccc2c(c1)OCO2. The fourth-order valence-electron chi connectivity index (χ4n) is 2.87. The lowest BCUT2D eigenvalue weighted by molar-refractivity contribution is -0.140. The Balaban J connectivity index is 2.02. The second-order valence-corrected chi connectivity index (χ2v) is 5.64. The van der Waals surface area contributed by atoms with Gasteiger partial charge in [-0.15, -0.1) is 0 Å². The molecular formula is C18H18N2O6. The summed E-state index contributed by atoms with van der Waals surface area (Å²) in [5.74, 6) is 0.0595. The van der Waals surface area contributed by atoms with Gasteiger partial charge in [-0.05, 0) is 24.6 Å². The number of ether oxygens (including phenoxy) is 5. The Bertz CT molecular complexity index is 837. The highest BCUT2D eigenvalue weighted by atomic mass is 16.7. The molecule has 1 aromatic rings. The summed E-state index contributed by atoms with van der Waals surface area (Å²) in [6, 6.07) is 7.23. The molecule has 0 saturated heterocycles. The molecule has 0 amide bonds. The minimum absolute atomic E-state index is 0.0406. The van der Waals surface area contributed by atoms with Gasteiger partial charge in [0.05, 0.1) is 18.1 Å². The second-order valence-electron chi connectivity index (χ2n) is 5.64. The predicted octanol–water partition coefficient (Wildman–Crippen LogP) is 1.69. The first-order valence-corrected chi connectivity index (χ1v) is 7.90. The molecule has 2 heterocycles. The summed E-state index contributed by atoms with van der Waals surface area (Å²) < 4.78 is 26.2. The first-order valence-electron chi connectivity index (χ1n) is 7.90. The van der Waals surface area contributed by atoms with Crippen molar-refractivity contribution in [3.63, 3.8) is 0 Å². The summed E-state index contributed by atoms with van der Waals surface area (Å²) in [5, 5.41) is 9.57. The summed E-state index contributed by atoms with van der Waals surface area (Å²) in [6.07, 6.45) is 0. The maximum absolute atomic E-state index is 12.6. The number of nitriles is 1. The van der Waals surface area contributed by atoms with Crippen LogP contribution in [0.25, 0.3) is 0 Å². The van der Waals surface area contributed by atoms with Crippen molar-refractivity contribution < 1.29 is 28.5 Å². The average molecular weight is 358 g/mol. The zero-order valence-electron chi connectivity index (χ0n) is 14.4. The largest absolute Gasteiger partial charge is 0.460 e. The molecule has 3 rings (SSSR count). The molecule has 2 aliphatic heterocycles. The lowest BCUT2D eigenvalue weighted by Gasteiger charge is -2.27. The van der Waals surface area contributed by atoms with E-state index < -0.39 is 11.9 Å². The Morgan fingerprint density at radius 2 is 2.12 bits per heavy atom. The van der Waals surface area contributed by atoms with E-state index >= 15 is 0 Å². The highest BCUT2D eigenvalue weighted by molar-refractivity contribution is 5.92. The molecule has 8 nitrogen and oxygen atoms in total. The minimum Gasteiger partial charge on any atom is -0.460 e. The summed E-state index contributed by atoms with van der Waals surface area (Å²) >= 11 is 0. The van der Waals surface area contributed by atoms with E-state index in [2.05, 4.69) is 0 Å². The molecule has 0 aliphatic carbocycles. The summed E-state index contributed by atoms with van der Waals surface area (Å²) in [7, 11) is 1.51. The molecular weight excluding hydrogens is 340 g/mol. The number of carbonyl (C=O) groups is 1. The van der Waals surface area contributed by atoms with Crippen molar-refractivity contribution in [3.05, 3.63) is 46.6 Å². The van der Waals surface area contributed by atoms with E-state index in [-0.39, 0.29) is 42.8 Å². The molecule has 1 aromatic carbocycles. The summed E-state index contributed by atoms with van der Waals surface area (Å²) in [5.41, 5.74) is 6.87. The van der Waals surface area contributed by atoms with Crippen molar-refractivity contribution in [2.45, 2.75) is 12.8 Å². The number of allylic oxidation sites excluding steroid dienone is 2. The molecule has 0 spiro atoms. The standard InChI is InChI=1S/C18H18N2O6/c1-10-15(18(21)23-6-5-22-2)16(12(8-19)17(20)26-10)11-3-4-13-14(7-11)25-9-24-13/h3-4,7,16H,5-6,9,20H2,1-2H3/t16-/m0/s1. The number of nitrogens with zero attached hydrogens (tertiary/aromatic N) is 1. The Kier molecular flexibility index (Phi) is 5.00. The number of hydrogen-bond acceptors (Lipinski definition) is 8. The van der Waals surface area contributed by atoms with Crippen LogP contribution < -0.4 is 15.2 Å². The Labute approximate surface area is 150 Å². The monoisotopic (exact) mass is 358 g/mol. The predicted molar refractivity (Wildman–Crippen MR) is 88.8 cm³/mol. The van der Waals surface area contributed by atoms with Crippen LogP contribution in [0.15, 0.2) is 41.0 Å². The Hall–Kier alpha value is -3.18. The number of hydrogen-bond donors (Lipinski definition) is 1. The van der Waals surface area contributed by atoms with Crippen LogP contribution in [0.2, 0.25) is 0 Å².